The molecule has 0 saturated carbocycles. The van der Waals surface area contributed by atoms with Gasteiger partial charge >= 0.3 is 0 Å². The molecule has 0 aromatic heterocycles. The van der Waals surface area contributed by atoms with Crippen LogP contribution in [0.5, 0.6) is 0 Å². The van der Waals surface area contributed by atoms with E-state index in [1.165, 1.54) is 0 Å². The third-order valence-corrected chi connectivity index (χ3v) is 3.32. The van der Waals surface area contributed by atoms with E-state index in [0.717, 1.165) is 11.1 Å². The third-order valence-electron chi connectivity index (χ3n) is 3.01. The van der Waals surface area contributed by atoms with Crippen LogP contribution in [0.15, 0.2) is 36.4 Å². The maximum Gasteiger partial charge on any atom is 0.194 e. The molecule has 0 atom stereocenters. The van der Waals surface area contributed by atoms with E-state index in [-0.39, 0.29) is 5.78 Å². The van der Waals surface area contributed by atoms with E-state index in [0.29, 0.717) is 21.8 Å². The highest BCUT2D eigenvalue weighted by Crippen LogP contribution is 2.23. The molecule has 2 aromatic carbocycles. The summed E-state index contributed by atoms with van der Waals surface area (Å²) in [7, 11) is 0. The van der Waals surface area contributed by atoms with Gasteiger partial charge in [0.1, 0.15) is 0 Å². The van der Waals surface area contributed by atoms with Crippen LogP contribution in [0, 0.1) is 13.8 Å². The normalized spacial score (nSPS) is 10.4. The van der Waals surface area contributed by atoms with Gasteiger partial charge in [0, 0.05) is 16.8 Å². The fraction of sp³-hybridized carbons (Fsp3) is 0.133. The van der Waals surface area contributed by atoms with Crippen molar-refractivity contribution >= 4 is 23.1 Å². The van der Waals surface area contributed by atoms with Gasteiger partial charge in [-0.1, -0.05) is 23.7 Å². The number of anilines is 1. The van der Waals surface area contributed by atoms with Gasteiger partial charge in [0.25, 0.3) is 0 Å². The first-order chi connectivity index (χ1) is 8.49. The highest BCUT2D eigenvalue weighted by molar-refractivity contribution is 6.35. The van der Waals surface area contributed by atoms with Gasteiger partial charge in [0.15, 0.2) is 5.78 Å². The quantitative estimate of drug-likeness (QED) is 0.659. The summed E-state index contributed by atoms with van der Waals surface area (Å²) in [6.07, 6.45) is 0. The Morgan fingerprint density at radius 2 is 1.78 bits per heavy atom. The van der Waals surface area contributed by atoms with E-state index in [1.807, 2.05) is 32.0 Å². The Balaban J connectivity index is 2.44. The second kappa shape index (κ2) is 4.83. The number of nitrogen functional groups attached to an aromatic ring is 1. The number of carbonyl (C=O) groups is 1. The summed E-state index contributed by atoms with van der Waals surface area (Å²) in [5, 5.41) is 0.387. The molecule has 0 unspecified atom stereocenters. The molecule has 2 rings (SSSR count). The molecule has 92 valence electrons. The lowest BCUT2D eigenvalue weighted by Gasteiger charge is -2.07. The Labute approximate surface area is 111 Å². The average Bonchev–Trinajstić information content (AvgIpc) is 2.32. The highest BCUT2D eigenvalue weighted by Gasteiger charge is 2.13. The lowest BCUT2D eigenvalue weighted by molar-refractivity contribution is 0.103. The predicted octanol–water partition coefficient (Wildman–Crippen LogP) is 3.77. The van der Waals surface area contributed by atoms with Crippen LogP contribution < -0.4 is 5.73 Å². The van der Waals surface area contributed by atoms with Crippen molar-refractivity contribution < 1.29 is 4.79 Å². The van der Waals surface area contributed by atoms with E-state index in [9.17, 15) is 4.79 Å². The van der Waals surface area contributed by atoms with Crippen molar-refractivity contribution in [3.63, 3.8) is 0 Å². The zero-order valence-electron chi connectivity index (χ0n) is 10.3. The van der Waals surface area contributed by atoms with Crippen LogP contribution in [0.4, 0.5) is 5.69 Å². The largest absolute Gasteiger partial charge is 0.399 e. The molecule has 0 radical (unpaired) electrons. The summed E-state index contributed by atoms with van der Waals surface area (Å²) < 4.78 is 0. The van der Waals surface area contributed by atoms with Crippen molar-refractivity contribution in [1.82, 2.24) is 0 Å². The van der Waals surface area contributed by atoms with Gasteiger partial charge in [-0.3, -0.25) is 4.79 Å². The number of rotatable bonds is 2. The first-order valence-electron chi connectivity index (χ1n) is 5.66. The topological polar surface area (TPSA) is 43.1 Å². The lowest BCUT2D eigenvalue weighted by Crippen LogP contribution is -2.03. The second-order valence-corrected chi connectivity index (χ2v) is 4.77. The second-order valence-electron chi connectivity index (χ2n) is 4.37. The number of benzene rings is 2. The molecule has 0 heterocycles. The summed E-state index contributed by atoms with van der Waals surface area (Å²) in [6.45, 7) is 4.00. The van der Waals surface area contributed by atoms with Gasteiger partial charge in [-0.2, -0.15) is 0 Å². The van der Waals surface area contributed by atoms with Gasteiger partial charge < -0.3 is 5.73 Å². The molecule has 2 N–H and O–H groups in total. The van der Waals surface area contributed by atoms with Crippen molar-refractivity contribution in [1.29, 1.82) is 0 Å². The minimum Gasteiger partial charge on any atom is -0.399 e. The fourth-order valence-corrected chi connectivity index (χ4v) is 2.03. The van der Waals surface area contributed by atoms with Crippen molar-refractivity contribution in [2.45, 2.75) is 13.8 Å². The Morgan fingerprint density at radius 1 is 1.06 bits per heavy atom. The van der Waals surface area contributed by atoms with E-state index < -0.39 is 0 Å². The Bertz CT molecular complexity index is 620. The molecule has 3 heteroatoms. The van der Waals surface area contributed by atoms with E-state index >= 15 is 0 Å². The van der Waals surface area contributed by atoms with Gasteiger partial charge in [0.05, 0.1) is 5.02 Å². The lowest BCUT2D eigenvalue weighted by atomic mass is 9.99. The average molecular weight is 260 g/mol. The van der Waals surface area contributed by atoms with Crippen LogP contribution >= 0.6 is 11.6 Å². The van der Waals surface area contributed by atoms with Crippen LogP contribution in [-0.2, 0) is 0 Å². The number of ketones is 1. The predicted molar refractivity (Wildman–Crippen MR) is 75.2 cm³/mol. The van der Waals surface area contributed by atoms with Crippen LogP contribution in [0.3, 0.4) is 0 Å². The highest BCUT2D eigenvalue weighted by atomic mass is 35.5. The van der Waals surface area contributed by atoms with E-state index in [2.05, 4.69) is 0 Å². The van der Waals surface area contributed by atoms with Crippen molar-refractivity contribution in [2.24, 2.45) is 0 Å². The molecule has 0 aliphatic rings. The molecule has 0 aliphatic heterocycles. The molecule has 0 bridgehead atoms. The number of aryl methyl sites for hydroxylation is 2. The number of hydrogen-bond donors (Lipinski definition) is 1. The zero-order chi connectivity index (χ0) is 13.3. The number of hydrogen-bond acceptors (Lipinski definition) is 2. The minimum atomic E-state index is -0.0805. The van der Waals surface area contributed by atoms with Gasteiger partial charge in [-0.25, -0.2) is 0 Å². The molecule has 0 saturated heterocycles. The SMILES string of the molecule is Cc1ccc(C(=O)c2ccc(N)cc2Cl)cc1C. The standard InChI is InChI=1S/C15H14ClNO/c1-9-3-4-11(7-10(9)2)15(18)13-6-5-12(17)8-14(13)16/h3-8H,17H2,1-2H3. The van der Waals surface area contributed by atoms with Crippen molar-refractivity contribution in [3.05, 3.63) is 63.7 Å². The molecular formula is C15H14ClNO. The first-order valence-corrected chi connectivity index (χ1v) is 6.04. The molecule has 0 spiro atoms. The minimum absolute atomic E-state index is 0.0805. The Hall–Kier alpha value is -1.80. The number of carbonyl (C=O) groups excluding carboxylic acids is 1. The third kappa shape index (κ3) is 2.39. The van der Waals surface area contributed by atoms with Crippen molar-refractivity contribution in [2.75, 3.05) is 5.73 Å². The fourth-order valence-electron chi connectivity index (χ4n) is 1.75. The van der Waals surface area contributed by atoms with E-state index in [4.69, 9.17) is 17.3 Å². The van der Waals surface area contributed by atoms with Crippen LogP contribution in [0.2, 0.25) is 5.02 Å². The summed E-state index contributed by atoms with van der Waals surface area (Å²) in [6, 6.07) is 10.6. The Kier molecular flexibility index (Phi) is 3.39. The first kappa shape index (κ1) is 12.7. The molecule has 2 aromatic rings. The molecule has 18 heavy (non-hydrogen) atoms. The summed E-state index contributed by atoms with van der Waals surface area (Å²) in [4.78, 5) is 12.3. The monoisotopic (exact) mass is 259 g/mol. The zero-order valence-corrected chi connectivity index (χ0v) is 11.1. The van der Waals surface area contributed by atoms with Crippen molar-refractivity contribution in [3.8, 4) is 0 Å². The van der Waals surface area contributed by atoms with Crippen LogP contribution in [-0.4, -0.2) is 5.78 Å². The maximum absolute atomic E-state index is 12.3. The number of halogens is 1. The van der Waals surface area contributed by atoms with Crippen LogP contribution in [0.25, 0.3) is 0 Å². The van der Waals surface area contributed by atoms with Crippen LogP contribution in [0.1, 0.15) is 27.0 Å². The molecule has 2 nitrogen and oxygen atoms in total. The number of nitrogens with two attached hydrogens (primary N) is 1. The smallest absolute Gasteiger partial charge is 0.194 e. The summed E-state index contributed by atoms with van der Waals surface area (Å²) in [5.41, 5.74) is 9.54. The maximum atomic E-state index is 12.3. The molecule has 0 fully saturated rings. The summed E-state index contributed by atoms with van der Waals surface area (Å²) >= 11 is 6.04. The molecular weight excluding hydrogens is 246 g/mol. The van der Waals surface area contributed by atoms with E-state index in [1.54, 1.807) is 18.2 Å². The molecule has 0 amide bonds. The summed E-state index contributed by atoms with van der Waals surface area (Å²) in [5.74, 6) is -0.0805. The van der Waals surface area contributed by atoms with Gasteiger partial charge in [0.2, 0.25) is 0 Å². The Morgan fingerprint density at radius 3 is 2.39 bits per heavy atom. The van der Waals surface area contributed by atoms with Gasteiger partial charge in [-0.05, 0) is 49.2 Å². The van der Waals surface area contributed by atoms with Gasteiger partial charge in [-0.15, -0.1) is 0 Å². The molecule has 0 aliphatic carbocycles.